The van der Waals surface area contributed by atoms with Gasteiger partial charge in [-0.2, -0.15) is 0 Å². The smallest absolute Gasteiger partial charge is 0.0248 e. The molecule has 0 fully saturated rings. The van der Waals surface area contributed by atoms with Crippen molar-refractivity contribution in [3.05, 3.63) is 34.9 Å². The molecular formula is C14H19N. The van der Waals surface area contributed by atoms with Crippen LogP contribution in [0.4, 0.5) is 0 Å². The molecule has 0 saturated carbocycles. The molecule has 0 bridgehead atoms. The Morgan fingerprint density at radius 3 is 2.73 bits per heavy atom. The Bertz CT molecular complexity index is 369. The van der Waals surface area contributed by atoms with Gasteiger partial charge in [0.25, 0.3) is 0 Å². The van der Waals surface area contributed by atoms with Gasteiger partial charge in [-0.3, -0.25) is 0 Å². The molecule has 1 N–H and O–H groups in total. The van der Waals surface area contributed by atoms with Gasteiger partial charge in [-0.05, 0) is 43.1 Å². The molecule has 1 heterocycles. The Kier molecular flexibility index (Phi) is 4.93. The Hall–Kier alpha value is -1.26. The van der Waals surface area contributed by atoms with Crippen molar-refractivity contribution in [1.29, 1.82) is 0 Å². The fourth-order valence-electron chi connectivity index (χ4n) is 1.70. The molecule has 1 aromatic rings. The molecule has 0 atom stereocenters. The quantitative estimate of drug-likeness (QED) is 0.636. The molecule has 0 amide bonds. The highest BCUT2D eigenvalue weighted by Gasteiger charge is 2.07. The molecule has 80 valence electrons. The lowest BCUT2D eigenvalue weighted by molar-refractivity contribution is 0.643. The van der Waals surface area contributed by atoms with Crippen LogP contribution in [-0.2, 0) is 13.0 Å². The first-order chi connectivity index (χ1) is 7.40. The van der Waals surface area contributed by atoms with Gasteiger partial charge < -0.3 is 5.32 Å². The lowest BCUT2D eigenvalue weighted by Crippen LogP contribution is -2.23. The average Bonchev–Trinajstić information content (AvgIpc) is 2.32. The summed E-state index contributed by atoms with van der Waals surface area (Å²) in [6, 6.07) is 6.50. The first-order valence-corrected chi connectivity index (χ1v) is 5.65. The molecule has 0 radical (unpaired) electrons. The summed E-state index contributed by atoms with van der Waals surface area (Å²) in [6.45, 7) is 7.98. The van der Waals surface area contributed by atoms with E-state index in [1.807, 2.05) is 20.8 Å². The van der Waals surface area contributed by atoms with E-state index < -0.39 is 0 Å². The van der Waals surface area contributed by atoms with Crippen LogP contribution in [0.2, 0.25) is 0 Å². The van der Waals surface area contributed by atoms with Gasteiger partial charge >= 0.3 is 0 Å². The predicted molar refractivity (Wildman–Crippen MR) is 65.8 cm³/mol. The van der Waals surface area contributed by atoms with E-state index in [4.69, 9.17) is 0 Å². The summed E-state index contributed by atoms with van der Waals surface area (Å²) in [6.07, 6.45) is 1.13. The summed E-state index contributed by atoms with van der Waals surface area (Å²) in [7, 11) is 0. The van der Waals surface area contributed by atoms with Crippen LogP contribution in [-0.4, -0.2) is 6.54 Å². The minimum Gasteiger partial charge on any atom is -0.312 e. The monoisotopic (exact) mass is 201 g/mol. The highest BCUT2D eigenvalue weighted by Crippen LogP contribution is 2.15. The summed E-state index contributed by atoms with van der Waals surface area (Å²) < 4.78 is 0. The van der Waals surface area contributed by atoms with Crippen molar-refractivity contribution in [1.82, 2.24) is 5.32 Å². The van der Waals surface area contributed by atoms with Gasteiger partial charge in [-0.1, -0.05) is 25.8 Å². The highest BCUT2D eigenvalue weighted by atomic mass is 14.9. The van der Waals surface area contributed by atoms with Crippen LogP contribution in [0.1, 0.15) is 37.5 Å². The van der Waals surface area contributed by atoms with Gasteiger partial charge in [0.15, 0.2) is 0 Å². The largest absolute Gasteiger partial charge is 0.312 e. The van der Waals surface area contributed by atoms with Gasteiger partial charge in [0, 0.05) is 12.1 Å². The van der Waals surface area contributed by atoms with Crippen LogP contribution < -0.4 is 5.32 Å². The fraction of sp³-hybridized carbons (Fsp3) is 0.429. The summed E-state index contributed by atoms with van der Waals surface area (Å²) in [5, 5.41) is 3.36. The van der Waals surface area contributed by atoms with Crippen molar-refractivity contribution in [3.8, 4) is 11.8 Å². The van der Waals surface area contributed by atoms with Crippen LogP contribution in [0.5, 0.6) is 0 Å². The Balaban J connectivity index is 0.000000531. The topological polar surface area (TPSA) is 12.0 Å². The maximum absolute atomic E-state index is 3.36. The maximum atomic E-state index is 3.36. The van der Waals surface area contributed by atoms with Crippen molar-refractivity contribution in [2.45, 2.75) is 33.7 Å². The molecule has 1 aromatic carbocycles. The van der Waals surface area contributed by atoms with Crippen LogP contribution >= 0.6 is 0 Å². The molecule has 2 rings (SSSR count). The van der Waals surface area contributed by atoms with Crippen LogP contribution in [0, 0.1) is 11.8 Å². The van der Waals surface area contributed by atoms with Gasteiger partial charge in [-0.25, -0.2) is 0 Å². The molecule has 1 aliphatic rings. The minimum absolute atomic E-state index is 1.01. The van der Waals surface area contributed by atoms with E-state index in [-0.39, 0.29) is 0 Å². The Labute approximate surface area is 92.9 Å². The third-order valence-corrected chi connectivity index (χ3v) is 2.36. The number of rotatable bonds is 0. The molecule has 0 unspecified atom stereocenters. The van der Waals surface area contributed by atoms with Crippen molar-refractivity contribution in [2.75, 3.05) is 6.54 Å². The highest BCUT2D eigenvalue weighted by molar-refractivity contribution is 5.41. The molecule has 0 aromatic heterocycles. The standard InChI is InChI=1S/C12H13N.C2H6/c1-2-3-10-4-5-12-9-13-7-6-11(12)8-10;1-2/h4-5,8,13H,6-7,9H2,1H3;1-2H3. The Morgan fingerprint density at radius 2 is 2.00 bits per heavy atom. The zero-order valence-electron chi connectivity index (χ0n) is 9.85. The predicted octanol–water partition coefficient (Wildman–Crippen LogP) is 2.73. The second-order valence-corrected chi connectivity index (χ2v) is 3.29. The molecule has 1 aliphatic heterocycles. The molecule has 1 nitrogen and oxygen atoms in total. The first-order valence-electron chi connectivity index (χ1n) is 5.65. The van der Waals surface area contributed by atoms with E-state index in [1.165, 1.54) is 11.1 Å². The van der Waals surface area contributed by atoms with Crippen LogP contribution in [0.15, 0.2) is 18.2 Å². The van der Waals surface area contributed by atoms with Crippen LogP contribution in [0.3, 0.4) is 0 Å². The number of hydrogen-bond donors (Lipinski definition) is 1. The van der Waals surface area contributed by atoms with Crippen LogP contribution in [0.25, 0.3) is 0 Å². The molecule has 0 spiro atoms. The normalized spacial score (nSPS) is 12.7. The lowest BCUT2D eigenvalue weighted by Gasteiger charge is -2.16. The van der Waals surface area contributed by atoms with Crippen molar-refractivity contribution >= 4 is 0 Å². The van der Waals surface area contributed by atoms with Gasteiger partial charge in [0.05, 0.1) is 0 Å². The molecule has 0 aliphatic carbocycles. The van der Waals surface area contributed by atoms with E-state index in [1.54, 1.807) is 0 Å². The number of fused-ring (bicyclic) bond motifs is 1. The van der Waals surface area contributed by atoms with Gasteiger partial charge in [-0.15, -0.1) is 5.92 Å². The van der Waals surface area contributed by atoms with E-state index in [9.17, 15) is 0 Å². The zero-order chi connectivity index (χ0) is 11.1. The number of hydrogen-bond acceptors (Lipinski definition) is 1. The van der Waals surface area contributed by atoms with E-state index in [0.717, 1.165) is 25.1 Å². The molecule has 15 heavy (non-hydrogen) atoms. The third-order valence-electron chi connectivity index (χ3n) is 2.36. The number of nitrogens with one attached hydrogen (secondary N) is 1. The maximum Gasteiger partial charge on any atom is 0.0248 e. The first kappa shape index (κ1) is 11.8. The summed E-state index contributed by atoms with van der Waals surface area (Å²) in [4.78, 5) is 0. The third kappa shape index (κ3) is 3.11. The molecular weight excluding hydrogens is 182 g/mol. The second kappa shape index (κ2) is 6.27. The van der Waals surface area contributed by atoms with Crippen molar-refractivity contribution in [3.63, 3.8) is 0 Å². The summed E-state index contributed by atoms with van der Waals surface area (Å²) in [5.74, 6) is 6.01. The van der Waals surface area contributed by atoms with E-state index in [0.29, 0.717) is 0 Å². The van der Waals surface area contributed by atoms with Crippen molar-refractivity contribution in [2.24, 2.45) is 0 Å². The molecule has 1 heteroatoms. The van der Waals surface area contributed by atoms with E-state index in [2.05, 4.69) is 35.4 Å². The van der Waals surface area contributed by atoms with Gasteiger partial charge in [0.2, 0.25) is 0 Å². The zero-order valence-corrected chi connectivity index (χ0v) is 9.85. The number of benzene rings is 1. The SMILES string of the molecule is CC.CC#Cc1ccc2c(c1)CCNC2. The lowest BCUT2D eigenvalue weighted by atomic mass is 9.99. The minimum atomic E-state index is 1.01. The molecule has 0 saturated heterocycles. The Morgan fingerprint density at radius 1 is 1.20 bits per heavy atom. The second-order valence-electron chi connectivity index (χ2n) is 3.29. The van der Waals surface area contributed by atoms with Crippen molar-refractivity contribution < 1.29 is 0 Å². The average molecular weight is 201 g/mol. The van der Waals surface area contributed by atoms with E-state index >= 15 is 0 Å². The summed E-state index contributed by atoms with van der Waals surface area (Å²) in [5.41, 5.74) is 4.02. The fourth-order valence-corrected chi connectivity index (χ4v) is 1.70. The van der Waals surface area contributed by atoms with Gasteiger partial charge in [0.1, 0.15) is 0 Å². The summed E-state index contributed by atoms with van der Waals surface area (Å²) >= 11 is 0.